The van der Waals surface area contributed by atoms with Crippen LogP contribution in [0.3, 0.4) is 0 Å². The fourth-order valence-corrected chi connectivity index (χ4v) is 3.43. The summed E-state index contributed by atoms with van der Waals surface area (Å²) in [7, 11) is 0. The number of aromatic nitrogens is 1. The van der Waals surface area contributed by atoms with Gasteiger partial charge in [-0.2, -0.15) is 0 Å². The second kappa shape index (κ2) is 8.40. The summed E-state index contributed by atoms with van der Waals surface area (Å²) in [6, 6.07) is 14.3. The zero-order valence-electron chi connectivity index (χ0n) is 16.7. The molecule has 1 heterocycles. The molecule has 0 saturated carbocycles. The van der Waals surface area contributed by atoms with Crippen LogP contribution in [-0.4, -0.2) is 28.9 Å². The largest absolute Gasteiger partial charge is 0.358 e. The zero-order chi connectivity index (χ0) is 19.4. The van der Waals surface area contributed by atoms with Crippen LogP contribution in [0.2, 0.25) is 0 Å². The van der Waals surface area contributed by atoms with Crippen molar-refractivity contribution in [2.24, 2.45) is 0 Å². The highest BCUT2D eigenvalue weighted by atomic mass is 16.1. The highest BCUT2D eigenvalue weighted by Gasteiger charge is 2.10. The number of amides is 1. The summed E-state index contributed by atoms with van der Waals surface area (Å²) < 4.78 is 0. The van der Waals surface area contributed by atoms with Gasteiger partial charge in [0.05, 0.1) is 0 Å². The Morgan fingerprint density at radius 1 is 1.04 bits per heavy atom. The van der Waals surface area contributed by atoms with Crippen molar-refractivity contribution >= 4 is 16.8 Å². The van der Waals surface area contributed by atoms with Crippen molar-refractivity contribution in [1.82, 2.24) is 15.2 Å². The molecule has 2 aromatic carbocycles. The van der Waals surface area contributed by atoms with Crippen molar-refractivity contribution in [3.05, 3.63) is 70.4 Å². The molecule has 1 aromatic heterocycles. The second-order valence-corrected chi connectivity index (χ2v) is 7.10. The predicted octanol–water partition coefficient (Wildman–Crippen LogP) is 4.56. The summed E-state index contributed by atoms with van der Waals surface area (Å²) in [5.74, 6) is -0.0377. The Morgan fingerprint density at radius 3 is 2.52 bits per heavy atom. The molecule has 0 aliphatic carbocycles. The van der Waals surface area contributed by atoms with Crippen LogP contribution in [0.25, 0.3) is 10.9 Å². The monoisotopic (exact) mass is 363 g/mol. The first-order valence-corrected chi connectivity index (χ1v) is 9.69. The molecule has 27 heavy (non-hydrogen) atoms. The SMILES string of the molecule is CCN(CC)Cc1cccc(CNC(=O)c2ccc3[nH]c(C)c(C)c3c2)c1. The van der Waals surface area contributed by atoms with E-state index < -0.39 is 0 Å². The molecule has 2 N–H and O–H groups in total. The summed E-state index contributed by atoms with van der Waals surface area (Å²) in [4.78, 5) is 18.3. The predicted molar refractivity (Wildman–Crippen MR) is 112 cm³/mol. The number of fused-ring (bicyclic) bond motifs is 1. The van der Waals surface area contributed by atoms with Gasteiger partial charge in [0.1, 0.15) is 0 Å². The number of carbonyl (C=O) groups is 1. The third-order valence-electron chi connectivity index (χ3n) is 5.32. The van der Waals surface area contributed by atoms with Gasteiger partial charge in [0.15, 0.2) is 0 Å². The number of benzene rings is 2. The lowest BCUT2D eigenvalue weighted by Gasteiger charge is -2.18. The minimum atomic E-state index is -0.0377. The van der Waals surface area contributed by atoms with Gasteiger partial charge in [0.25, 0.3) is 5.91 Å². The number of hydrogen-bond acceptors (Lipinski definition) is 2. The Bertz CT molecular complexity index is 938. The molecule has 142 valence electrons. The third-order valence-corrected chi connectivity index (χ3v) is 5.32. The first-order chi connectivity index (χ1) is 13.0. The normalized spacial score (nSPS) is 11.3. The van der Waals surface area contributed by atoms with Crippen LogP contribution in [0, 0.1) is 13.8 Å². The zero-order valence-corrected chi connectivity index (χ0v) is 16.7. The second-order valence-electron chi connectivity index (χ2n) is 7.10. The molecule has 0 saturated heterocycles. The van der Waals surface area contributed by atoms with Crippen molar-refractivity contribution < 1.29 is 4.79 Å². The van der Waals surface area contributed by atoms with E-state index in [0.29, 0.717) is 12.1 Å². The van der Waals surface area contributed by atoms with Crippen LogP contribution in [0.4, 0.5) is 0 Å². The molecule has 0 radical (unpaired) electrons. The molecule has 3 rings (SSSR count). The van der Waals surface area contributed by atoms with Gasteiger partial charge < -0.3 is 10.3 Å². The summed E-state index contributed by atoms with van der Waals surface area (Å²) in [5.41, 5.74) is 6.53. The van der Waals surface area contributed by atoms with Crippen LogP contribution >= 0.6 is 0 Å². The lowest BCUT2D eigenvalue weighted by molar-refractivity contribution is 0.0951. The minimum absolute atomic E-state index is 0.0377. The molecule has 0 atom stereocenters. The number of hydrogen-bond donors (Lipinski definition) is 2. The summed E-state index contributed by atoms with van der Waals surface area (Å²) in [5, 5.41) is 4.16. The highest BCUT2D eigenvalue weighted by molar-refractivity contribution is 5.99. The minimum Gasteiger partial charge on any atom is -0.358 e. The van der Waals surface area contributed by atoms with E-state index in [1.54, 1.807) is 0 Å². The molecule has 4 heteroatoms. The Balaban J connectivity index is 1.68. The highest BCUT2D eigenvalue weighted by Crippen LogP contribution is 2.22. The van der Waals surface area contributed by atoms with Gasteiger partial charge in [-0.05, 0) is 61.8 Å². The van der Waals surface area contributed by atoms with E-state index in [4.69, 9.17) is 0 Å². The first kappa shape index (κ1) is 19.2. The van der Waals surface area contributed by atoms with E-state index in [9.17, 15) is 4.79 Å². The third kappa shape index (κ3) is 4.40. The lowest BCUT2D eigenvalue weighted by atomic mass is 10.1. The molecule has 3 aromatic rings. The number of aromatic amines is 1. The average Bonchev–Trinajstić information content (AvgIpc) is 2.98. The average molecular weight is 364 g/mol. The van der Waals surface area contributed by atoms with Gasteiger partial charge in [-0.25, -0.2) is 0 Å². The molecule has 1 amide bonds. The Morgan fingerprint density at radius 2 is 1.78 bits per heavy atom. The first-order valence-electron chi connectivity index (χ1n) is 9.69. The number of nitrogens with one attached hydrogen (secondary N) is 2. The number of carbonyl (C=O) groups excluding carboxylic acids is 1. The van der Waals surface area contributed by atoms with Crippen LogP contribution in [-0.2, 0) is 13.1 Å². The van der Waals surface area contributed by atoms with Crippen molar-refractivity contribution in [2.75, 3.05) is 13.1 Å². The maximum absolute atomic E-state index is 12.6. The molecule has 0 aliphatic rings. The quantitative estimate of drug-likeness (QED) is 0.647. The van der Waals surface area contributed by atoms with E-state index in [-0.39, 0.29) is 5.91 Å². The van der Waals surface area contributed by atoms with E-state index in [0.717, 1.165) is 41.8 Å². The lowest BCUT2D eigenvalue weighted by Crippen LogP contribution is -2.23. The van der Waals surface area contributed by atoms with E-state index in [1.807, 2.05) is 18.2 Å². The maximum atomic E-state index is 12.6. The maximum Gasteiger partial charge on any atom is 0.251 e. The van der Waals surface area contributed by atoms with Gasteiger partial charge in [0.2, 0.25) is 0 Å². The standard InChI is InChI=1S/C23H29N3O/c1-5-26(6-2)15-19-9-7-8-18(12-19)14-24-23(27)20-10-11-22-21(13-20)16(3)17(4)25-22/h7-13,25H,5-6,14-15H2,1-4H3,(H,24,27). The van der Waals surface area contributed by atoms with Crippen LogP contribution in [0.15, 0.2) is 42.5 Å². The molecule has 0 bridgehead atoms. The summed E-state index contributed by atoms with van der Waals surface area (Å²) in [6.07, 6.45) is 0. The molecular formula is C23H29N3O. The van der Waals surface area contributed by atoms with Gasteiger partial charge in [-0.1, -0.05) is 38.1 Å². The molecule has 0 spiro atoms. The number of nitrogens with zero attached hydrogens (tertiary/aromatic N) is 1. The smallest absolute Gasteiger partial charge is 0.251 e. The molecular weight excluding hydrogens is 334 g/mol. The number of aryl methyl sites for hydroxylation is 2. The molecule has 4 nitrogen and oxygen atoms in total. The Labute approximate surface area is 161 Å². The molecule has 0 unspecified atom stereocenters. The molecule has 0 aliphatic heterocycles. The fourth-order valence-electron chi connectivity index (χ4n) is 3.43. The van der Waals surface area contributed by atoms with Gasteiger partial charge in [-0.15, -0.1) is 0 Å². The number of H-pyrrole nitrogens is 1. The Hall–Kier alpha value is -2.59. The van der Waals surface area contributed by atoms with E-state index >= 15 is 0 Å². The fraction of sp³-hybridized carbons (Fsp3) is 0.348. The van der Waals surface area contributed by atoms with E-state index in [1.165, 1.54) is 11.1 Å². The van der Waals surface area contributed by atoms with Gasteiger partial charge in [-0.3, -0.25) is 9.69 Å². The van der Waals surface area contributed by atoms with Crippen LogP contribution < -0.4 is 5.32 Å². The van der Waals surface area contributed by atoms with Gasteiger partial charge >= 0.3 is 0 Å². The molecule has 0 fully saturated rings. The van der Waals surface area contributed by atoms with Crippen LogP contribution in [0.5, 0.6) is 0 Å². The van der Waals surface area contributed by atoms with Crippen molar-refractivity contribution in [3.8, 4) is 0 Å². The van der Waals surface area contributed by atoms with E-state index in [2.05, 4.69) is 67.2 Å². The summed E-state index contributed by atoms with van der Waals surface area (Å²) in [6.45, 7) is 12.1. The summed E-state index contributed by atoms with van der Waals surface area (Å²) >= 11 is 0. The van der Waals surface area contributed by atoms with Crippen LogP contribution in [0.1, 0.15) is 46.6 Å². The van der Waals surface area contributed by atoms with Crippen molar-refractivity contribution in [1.29, 1.82) is 0 Å². The van der Waals surface area contributed by atoms with Crippen molar-refractivity contribution in [3.63, 3.8) is 0 Å². The topological polar surface area (TPSA) is 48.1 Å². The number of rotatable bonds is 7. The van der Waals surface area contributed by atoms with Crippen molar-refractivity contribution in [2.45, 2.75) is 40.8 Å². The Kier molecular flexibility index (Phi) is 5.97. The van der Waals surface area contributed by atoms with Gasteiger partial charge in [0, 0.05) is 35.2 Å².